The Balaban J connectivity index is 1.47. The molecule has 6 atom stereocenters. The van der Waals surface area contributed by atoms with E-state index in [0.717, 1.165) is 10.5 Å². The number of nitrogens with zero attached hydrogens (tertiary/aromatic N) is 1. The predicted molar refractivity (Wildman–Crippen MR) is 175 cm³/mol. The number of aliphatic carboxylic acids is 1. The number of hydrogen-bond donors (Lipinski definition) is 2. The Morgan fingerprint density at radius 2 is 1.65 bits per heavy atom. The molecule has 1 saturated carbocycles. The van der Waals surface area contributed by atoms with Crippen LogP contribution in [0.25, 0.3) is 5.57 Å². The molecule has 1 heterocycles. The number of hydrogen-bond acceptors (Lipinski definition) is 7. The van der Waals surface area contributed by atoms with Crippen molar-refractivity contribution in [1.29, 1.82) is 0 Å². The summed E-state index contributed by atoms with van der Waals surface area (Å²) < 4.78 is 5.78. The Hall–Kier alpha value is -5.31. The quantitative estimate of drug-likeness (QED) is 0.255. The Kier molecular flexibility index (Phi) is 7.86. The minimum absolute atomic E-state index is 0.0705. The highest BCUT2D eigenvalue weighted by atomic mass is 16.5. The van der Waals surface area contributed by atoms with Crippen LogP contribution in [-0.4, -0.2) is 57.6 Å². The Bertz CT molecular complexity index is 1900. The molecule has 48 heavy (non-hydrogen) atoms. The van der Waals surface area contributed by atoms with E-state index in [9.17, 15) is 29.4 Å². The molecule has 0 radical (unpaired) electrons. The van der Waals surface area contributed by atoms with Crippen LogP contribution >= 0.6 is 0 Å². The lowest BCUT2D eigenvalue weighted by Gasteiger charge is -2.55. The summed E-state index contributed by atoms with van der Waals surface area (Å²) in [6, 6.07) is 23.2. The lowest BCUT2D eigenvalue weighted by molar-refractivity contribution is -0.142. The number of carboxylic acids is 1. The first kappa shape index (κ1) is 31.3. The molecule has 1 aliphatic heterocycles. The van der Waals surface area contributed by atoms with Gasteiger partial charge in [-0.3, -0.25) is 28.9 Å². The number of aromatic hydroxyl groups is 1. The topological polar surface area (TPSA) is 138 Å². The van der Waals surface area contributed by atoms with Crippen molar-refractivity contribution in [1.82, 2.24) is 4.90 Å². The van der Waals surface area contributed by atoms with Crippen LogP contribution in [0.15, 0.2) is 96.6 Å². The van der Waals surface area contributed by atoms with E-state index in [0.29, 0.717) is 22.3 Å². The molecular weight excluding hydrogens is 610 g/mol. The van der Waals surface area contributed by atoms with E-state index >= 15 is 4.79 Å². The summed E-state index contributed by atoms with van der Waals surface area (Å²) >= 11 is 0. The molecule has 9 heteroatoms. The highest BCUT2D eigenvalue weighted by Gasteiger charge is 2.65. The van der Waals surface area contributed by atoms with Gasteiger partial charge in [0.2, 0.25) is 11.8 Å². The van der Waals surface area contributed by atoms with Gasteiger partial charge in [0.25, 0.3) is 0 Å². The normalized spacial score (nSPS) is 27.9. The molecular formula is C39H35NO8. The van der Waals surface area contributed by atoms with Crippen LogP contribution in [0.1, 0.15) is 48.8 Å². The van der Waals surface area contributed by atoms with Gasteiger partial charge in [-0.15, -0.1) is 0 Å². The van der Waals surface area contributed by atoms with Gasteiger partial charge in [-0.25, -0.2) is 0 Å². The lowest BCUT2D eigenvalue weighted by atomic mass is 9.44. The van der Waals surface area contributed by atoms with E-state index in [1.54, 1.807) is 31.2 Å². The van der Waals surface area contributed by atoms with E-state index in [1.165, 1.54) is 12.1 Å². The number of phenols is 1. The summed E-state index contributed by atoms with van der Waals surface area (Å²) in [5, 5.41) is 20.0. The first-order valence-electron chi connectivity index (χ1n) is 16.3. The molecule has 244 valence electrons. The van der Waals surface area contributed by atoms with Crippen LogP contribution in [0.4, 0.5) is 0 Å². The summed E-state index contributed by atoms with van der Waals surface area (Å²) in [6.07, 6.45) is 3.43. The van der Waals surface area contributed by atoms with Gasteiger partial charge in [0.1, 0.15) is 0 Å². The minimum Gasteiger partial charge on any atom is -0.504 e. The number of phenolic OH excluding ortho intramolecular Hbond substituents is 1. The van der Waals surface area contributed by atoms with Crippen molar-refractivity contribution in [3.63, 3.8) is 0 Å². The maximum absolute atomic E-state index is 15.0. The van der Waals surface area contributed by atoms with Crippen LogP contribution in [0, 0.1) is 23.7 Å². The van der Waals surface area contributed by atoms with Gasteiger partial charge in [0.15, 0.2) is 23.1 Å². The predicted octanol–water partition coefficient (Wildman–Crippen LogP) is 5.09. The van der Waals surface area contributed by atoms with Gasteiger partial charge in [0.05, 0.1) is 30.3 Å². The lowest BCUT2D eigenvalue weighted by Crippen LogP contribution is -2.58. The van der Waals surface area contributed by atoms with Crippen molar-refractivity contribution in [2.24, 2.45) is 23.7 Å². The minimum atomic E-state index is -1.40. The zero-order valence-corrected chi connectivity index (χ0v) is 26.4. The molecule has 2 N–H and O–H groups in total. The second-order valence-electron chi connectivity index (χ2n) is 12.9. The third-order valence-electron chi connectivity index (χ3n) is 10.6. The molecule has 4 aliphatic rings. The highest BCUT2D eigenvalue weighted by molar-refractivity contribution is 6.31. The molecule has 2 fully saturated rings. The van der Waals surface area contributed by atoms with Crippen molar-refractivity contribution in [3.05, 3.63) is 113 Å². The summed E-state index contributed by atoms with van der Waals surface area (Å²) in [4.78, 5) is 70.0. The summed E-state index contributed by atoms with van der Waals surface area (Å²) in [5.74, 6) is -5.99. The van der Waals surface area contributed by atoms with E-state index in [2.05, 4.69) is 0 Å². The zero-order chi connectivity index (χ0) is 33.7. The van der Waals surface area contributed by atoms with Crippen LogP contribution in [0.3, 0.4) is 0 Å². The second-order valence-corrected chi connectivity index (χ2v) is 12.9. The molecule has 2 amide bonds. The van der Waals surface area contributed by atoms with Gasteiger partial charge >= 0.3 is 5.97 Å². The molecule has 7 rings (SSSR count). The largest absolute Gasteiger partial charge is 0.504 e. The van der Waals surface area contributed by atoms with E-state index in [-0.39, 0.29) is 55.5 Å². The van der Waals surface area contributed by atoms with Crippen LogP contribution in [0.2, 0.25) is 0 Å². The molecule has 0 unspecified atom stereocenters. The number of benzene rings is 3. The number of Topliss-reactive ketones (excluding diaryl/α,β-unsaturated/α-hetero) is 1. The van der Waals surface area contributed by atoms with Crippen LogP contribution in [0.5, 0.6) is 11.5 Å². The highest BCUT2D eigenvalue weighted by Crippen LogP contribution is 2.64. The number of allylic oxidation sites excluding steroid dienone is 4. The summed E-state index contributed by atoms with van der Waals surface area (Å²) in [5.41, 5.74) is 1.59. The molecule has 3 aromatic carbocycles. The first-order valence-corrected chi connectivity index (χ1v) is 16.3. The third-order valence-corrected chi connectivity index (χ3v) is 10.6. The maximum atomic E-state index is 15.0. The summed E-state index contributed by atoms with van der Waals surface area (Å²) in [7, 11) is 0. The van der Waals surface area contributed by atoms with Crippen molar-refractivity contribution in [2.45, 2.75) is 37.5 Å². The monoisotopic (exact) mass is 645 g/mol. The molecule has 3 aromatic rings. The molecule has 3 aliphatic carbocycles. The van der Waals surface area contributed by atoms with Gasteiger partial charge in [-0.05, 0) is 60.6 Å². The van der Waals surface area contributed by atoms with Crippen molar-refractivity contribution in [2.75, 3.05) is 13.2 Å². The molecule has 9 nitrogen and oxygen atoms in total. The van der Waals surface area contributed by atoms with E-state index in [4.69, 9.17) is 4.74 Å². The number of ether oxygens (including phenoxy) is 1. The first-order chi connectivity index (χ1) is 23.2. The van der Waals surface area contributed by atoms with Gasteiger partial charge in [-0.2, -0.15) is 0 Å². The number of carboxylic acid groups (broad SMARTS) is 1. The van der Waals surface area contributed by atoms with E-state index < -0.39 is 52.8 Å². The molecule has 0 spiro atoms. The number of amides is 2. The number of likely N-dealkylation sites (tertiary alicyclic amines) is 1. The van der Waals surface area contributed by atoms with Crippen LogP contribution in [-0.2, 0) is 29.4 Å². The second kappa shape index (κ2) is 12.0. The molecule has 0 aromatic heterocycles. The zero-order valence-electron chi connectivity index (χ0n) is 26.4. The maximum Gasteiger partial charge on any atom is 0.305 e. The van der Waals surface area contributed by atoms with Crippen molar-refractivity contribution < 1.29 is 38.9 Å². The smallest absolute Gasteiger partial charge is 0.305 e. The SMILES string of the molecule is CCOc1cc([C@H]2C3=CC[C@@H]4C(=O)N(CCC(=O)O)C(=O)[C@@H]4[C@@H]3C[C@H]3C(=O)C(c4ccccc4)=CC(=O)[C@@]23c2ccccc2)ccc1O. The fourth-order valence-electron chi connectivity index (χ4n) is 8.72. The standard InChI is InChI=1S/C39H35NO8/c1-2-48-31-19-23(13-16-30(31)41)35-25-14-15-26-34(38(47)40(37(26)46)18-17-33(43)44)28(25)20-29-36(45)27(22-9-5-3-6-10-22)21-32(42)39(29,35)24-11-7-4-8-12-24/h3-14,16,19,21,26,28-29,34-35,41H,2,15,17-18,20H2,1H3,(H,43,44)/t26-,28+,29-,34-,35-,39-/m0/s1. The number of ketones is 2. The van der Waals surface area contributed by atoms with Crippen molar-refractivity contribution in [3.8, 4) is 11.5 Å². The number of carbonyl (C=O) groups excluding carboxylic acids is 4. The average molecular weight is 646 g/mol. The Morgan fingerprint density at radius 1 is 0.938 bits per heavy atom. The van der Waals surface area contributed by atoms with Gasteiger partial charge < -0.3 is 14.9 Å². The average Bonchev–Trinajstić information content (AvgIpc) is 3.34. The van der Waals surface area contributed by atoms with Gasteiger partial charge in [-0.1, -0.05) is 78.4 Å². The number of carbonyl (C=O) groups is 5. The third kappa shape index (κ3) is 4.71. The molecule has 1 saturated heterocycles. The summed E-state index contributed by atoms with van der Waals surface area (Å²) in [6.45, 7) is 1.86. The fraction of sp³-hybridized carbons (Fsp3) is 0.308. The number of rotatable bonds is 8. The van der Waals surface area contributed by atoms with Crippen LogP contribution < -0.4 is 4.74 Å². The number of fused-ring (bicyclic) bond motifs is 4. The van der Waals surface area contributed by atoms with E-state index in [1.807, 2.05) is 54.6 Å². The Morgan fingerprint density at radius 3 is 2.33 bits per heavy atom. The number of imide groups is 1. The Labute approximate surface area is 277 Å². The molecule has 0 bridgehead atoms. The van der Waals surface area contributed by atoms with Crippen molar-refractivity contribution >= 4 is 34.9 Å². The van der Waals surface area contributed by atoms with Gasteiger partial charge in [0, 0.05) is 24.0 Å². The fourth-order valence-corrected chi connectivity index (χ4v) is 8.72.